The van der Waals surface area contributed by atoms with Crippen LogP contribution in [0.1, 0.15) is 34.1 Å². The van der Waals surface area contributed by atoms with E-state index in [1.807, 2.05) is 0 Å². The van der Waals surface area contributed by atoms with Gasteiger partial charge in [0.2, 0.25) is 0 Å². The third-order valence-electron chi connectivity index (χ3n) is 3.39. The Morgan fingerprint density at radius 2 is 1.75 bits per heavy atom. The zero-order chi connectivity index (χ0) is 11.8. The van der Waals surface area contributed by atoms with Crippen LogP contribution in [-0.2, 0) is 0 Å². The average molecular weight is 212 g/mol. The fourth-order valence-electron chi connectivity index (χ4n) is 2.35. The van der Waals surface area contributed by atoms with Crippen molar-refractivity contribution in [3.63, 3.8) is 0 Å². The Balaban J connectivity index is 2.47. The van der Waals surface area contributed by atoms with Crippen LogP contribution in [0.4, 0.5) is 0 Å². The van der Waals surface area contributed by atoms with Crippen LogP contribution in [0.25, 0.3) is 0 Å². The van der Waals surface area contributed by atoms with Gasteiger partial charge in [0.15, 0.2) is 0 Å². The topological polar surface area (TPSA) is 0 Å². The molecular formula is C16H20. The van der Waals surface area contributed by atoms with Gasteiger partial charge >= 0.3 is 0 Å². The van der Waals surface area contributed by atoms with Gasteiger partial charge in [-0.3, -0.25) is 0 Å². The molecule has 0 radical (unpaired) electrons. The fraction of sp³-hybridized carbons (Fsp3) is 0.375. The highest BCUT2D eigenvalue weighted by molar-refractivity contribution is 5.64. The summed E-state index contributed by atoms with van der Waals surface area (Å²) in [6.45, 7) is 8.74. The lowest BCUT2D eigenvalue weighted by Crippen LogP contribution is -2.01. The maximum Gasteiger partial charge on any atom is 0.00110 e. The first-order chi connectivity index (χ1) is 7.57. The molecule has 0 fully saturated rings. The van der Waals surface area contributed by atoms with Crippen molar-refractivity contribution in [1.82, 2.24) is 0 Å². The highest BCUT2D eigenvalue weighted by Crippen LogP contribution is 2.40. The lowest BCUT2D eigenvalue weighted by Gasteiger charge is -2.13. The highest BCUT2D eigenvalue weighted by Gasteiger charge is 2.23. The first kappa shape index (κ1) is 11.2. The van der Waals surface area contributed by atoms with Gasteiger partial charge in [0.1, 0.15) is 0 Å². The van der Waals surface area contributed by atoms with E-state index in [9.17, 15) is 0 Å². The predicted octanol–water partition coefficient (Wildman–Crippen LogP) is 4.73. The molecule has 0 amide bonds. The summed E-state index contributed by atoms with van der Waals surface area (Å²) >= 11 is 0. The molecule has 0 saturated carbocycles. The maximum atomic E-state index is 2.30. The molecule has 84 valence electrons. The van der Waals surface area contributed by atoms with Crippen molar-refractivity contribution in [2.75, 3.05) is 0 Å². The molecular weight excluding hydrogens is 192 g/mol. The molecule has 0 unspecified atom stereocenters. The van der Waals surface area contributed by atoms with Gasteiger partial charge in [0, 0.05) is 5.41 Å². The summed E-state index contributed by atoms with van der Waals surface area (Å²) in [6.07, 6.45) is 14.7. The van der Waals surface area contributed by atoms with E-state index in [1.54, 1.807) is 0 Å². The van der Waals surface area contributed by atoms with Gasteiger partial charge in [-0.15, -0.1) is 0 Å². The van der Waals surface area contributed by atoms with Gasteiger partial charge in [-0.05, 0) is 42.6 Å². The van der Waals surface area contributed by atoms with Crippen molar-refractivity contribution in [2.45, 2.75) is 34.1 Å². The molecule has 0 atom stereocenters. The van der Waals surface area contributed by atoms with Crippen LogP contribution in [0, 0.1) is 5.41 Å². The summed E-state index contributed by atoms with van der Waals surface area (Å²) < 4.78 is 0. The second-order valence-corrected chi connectivity index (χ2v) is 5.12. The molecule has 0 saturated heterocycles. The van der Waals surface area contributed by atoms with Crippen LogP contribution < -0.4 is 0 Å². The van der Waals surface area contributed by atoms with Crippen molar-refractivity contribution < 1.29 is 0 Å². The molecule has 0 aromatic rings. The Labute approximate surface area is 98.8 Å². The first-order valence-electron chi connectivity index (χ1n) is 6.01. The molecule has 0 spiro atoms. The number of hydrogen-bond acceptors (Lipinski definition) is 0. The number of hydrogen-bond donors (Lipinski definition) is 0. The molecule has 0 aliphatic heterocycles. The molecule has 0 N–H and O–H groups in total. The van der Waals surface area contributed by atoms with Crippen molar-refractivity contribution >= 4 is 0 Å². The van der Waals surface area contributed by atoms with Gasteiger partial charge in [-0.1, -0.05) is 50.3 Å². The third kappa shape index (κ3) is 1.84. The van der Waals surface area contributed by atoms with Crippen molar-refractivity contribution in [3.05, 3.63) is 58.7 Å². The van der Waals surface area contributed by atoms with E-state index >= 15 is 0 Å². The van der Waals surface area contributed by atoms with Crippen LogP contribution in [0.5, 0.6) is 0 Å². The molecule has 0 aromatic carbocycles. The zero-order valence-corrected chi connectivity index (χ0v) is 10.7. The van der Waals surface area contributed by atoms with Crippen LogP contribution in [0.2, 0.25) is 0 Å². The first-order valence-corrected chi connectivity index (χ1v) is 6.01. The van der Waals surface area contributed by atoms with Crippen LogP contribution in [0.15, 0.2) is 58.7 Å². The molecule has 2 aliphatic rings. The van der Waals surface area contributed by atoms with E-state index < -0.39 is 0 Å². The van der Waals surface area contributed by atoms with E-state index in [0.29, 0.717) is 0 Å². The molecule has 2 aliphatic carbocycles. The monoisotopic (exact) mass is 212 g/mol. The molecule has 0 heteroatoms. The van der Waals surface area contributed by atoms with Gasteiger partial charge < -0.3 is 0 Å². The lowest BCUT2D eigenvalue weighted by atomic mass is 9.92. The summed E-state index contributed by atoms with van der Waals surface area (Å²) in [5.74, 6) is 0. The third-order valence-corrected chi connectivity index (χ3v) is 3.39. The van der Waals surface area contributed by atoms with Crippen LogP contribution in [0.3, 0.4) is 0 Å². The number of rotatable bonds is 0. The Morgan fingerprint density at radius 1 is 1.06 bits per heavy atom. The molecule has 0 nitrogen and oxygen atoms in total. The Kier molecular flexibility index (Phi) is 2.75. The summed E-state index contributed by atoms with van der Waals surface area (Å²) in [5, 5.41) is 0. The van der Waals surface area contributed by atoms with Gasteiger partial charge in [-0.2, -0.15) is 0 Å². The zero-order valence-electron chi connectivity index (χ0n) is 10.7. The van der Waals surface area contributed by atoms with Crippen molar-refractivity contribution in [2.24, 2.45) is 5.41 Å². The van der Waals surface area contributed by atoms with Gasteiger partial charge in [0.25, 0.3) is 0 Å². The van der Waals surface area contributed by atoms with E-state index in [4.69, 9.17) is 0 Å². The van der Waals surface area contributed by atoms with Crippen LogP contribution in [-0.4, -0.2) is 0 Å². The molecule has 0 bridgehead atoms. The van der Waals surface area contributed by atoms with Gasteiger partial charge in [0.05, 0.1) is 0 Å². The number of allylic oxidation sites excluding steroid dienone is 10. The average Bonchev–Trinajstić information content (AvgIpc) is 2.53. The van der Waals surface area contributed by atoms with Gasteiger partial charge in [-0.25, -0.2) is 0 Å². The summed E-state index contributed by atoms with van der Waals surface area (Å²) in [7, 11) is 0. The van der Waals surface area contributed by atoms with Crippen molar-refractivity contribution in [3.8, 4) is 0 Å². The molecule has 0 aromatic heterocycles. The van der Waals surface area contributed by atoms with Crippen molar-refractivity contribution in [1.29, 1.82) is 0 Å². The summed E-state index contributed by atoms with van der Waals surface area (Å²) in [6, 6.07) is 0. The Bertz CT molecular complexity index is 448. The predicted molar refractivity (Wildman–Crippen MR) is 71.2 cm³/mol. The second kappa shape index (κ2) is 3.93. The normalized spacial score (nSPS) is 27.8. The fourth-order valence-corrected chi connectivity index (χ4v) is 2.35. The smallest absolute Gasteiger partial charge is 0.00110 e. The molecule has 2 rings (SSSR count). The van der Waals surface area contributed by atoms with E-state index in [0.717, 1.165) is 6.42 Å². The lowest BCUT2D eigenvalue weighted by molar-refractivity contribution is 0.626. The van der Waals surface area contributed by atoms with E-state index in [1.165, 1.54) is 22.3 Å². The Morgan fingerprint density at radius 3 is 2.38 bits per heavy atom. The largest absolute Gasteiger partial charge is 0.0835 e. The summed E-state index contributed by atoms with van der Waals surface area (Å²) in [4.78, 5) is 0. The molecule has 0 heterocycles. The minimum atomic E-state index is 0.180. The summed E-state index contributed by atoms with van der Waals surface area (Å²) in [5.41, 5.74) is 5.93. The van der Waals surface area contributed by atoms with Crippen LogP contribution >= 0.6 is 0 Å². The van der Waals surface area contributed by atoms with E-state index in [-0.39, 0.29) is 5.41 Å². The standard InChI is InChI=1S/C16H20/c1-5-12-11-13-7-9-16(3,4)10-8-15(13)14(12)6-2/h5-10H,11H2,1-4H3/b12-5-,14-6+. The quantitative estimate of drug-likeness (QED) is 0.544. The Hall–Kier alpha value is -1.30. The van der Waals surface area contributed by atoms with E-state index in [2.05, 4.69) is 64.2 Å². The second-order valence-electron chi connectivity index (χ2n) is 5.12. The SMILES string of the molecule is C/C=C1/CC2=C(C=CC(C)(C)C=C2)/C1=C/C. The maximum absolute atomic E-state index is 2.30. The highest BCUT2D eigenvalue weighted by atomic mass is 14.3. The minimum absolute atomic E-state index is 0.180. The minimum Gasteiger partial charge on any atom is -0.0835 e. The molecule has 16 heavy (non-hydrogen) atoms.